The third-order valence-corrected chi connectivity index (χ3v) is 12.5. The number of aliphatic hydroxyl groups excluding tert-OH is 3. The summed E-state index contributed by atoms with van der Waals surface area (Å²) in [4.78, 5) is 0. The molecule has 8 atom stereocenters. The van der Waals surface area contributed by atoms with E-state index in [0.717, 1.165) is 91.2 Å². The summed E-state index contributed by atoms with van der Waals surface area (Å²) < 4.78 is 19.3. The van der Waals surface area contributed by atoms with Crippen molar-refractivity contribution >= 4 is 0 Å². The quantitative estimate of drug-likeness (QED) is 0.125. The molecule has 4 aliphatic rings. The Morgan fingerprint density at radius 3 is 2.51 bits per heavy atom. The van der Waals surface area contributed by atoms with Gasteiger partial charge in [0.15, 0.2) is 11.5 Å². The average molecular weight is 727 g/mol. The zero-order chi connectivity index (χ0) is 37.4. The summed E-state index contributed by atoms with van der Waals surface area (Å²) in [7, 11) is 1.69. The lowest BCUT2D eigenvalue weighted by atomic mass is 9.65. The molecule has 8 heteroatoms. The maximum absolute atomic E-state index is 11.9. The van der Waals surface area contributed by atoms with Gasteiger partial charge in [-0.2, -0.15) is 0 Å². The Kier molecular flexibility index (Phi) is 11.3. The lowest BCUT2D eigenvalue weighted by molar-refractivity contribution is 0.0198. The highest BCUT2D eigenvalue weighted by atomic mass is 16.5. The standard InChI is InChI=1S/C45H58O8/c1-5-27-17-29(10-9-28(27)13-14-46)34-18-31-20-38(49)32(15-25(2)3)19-35(31)44-42(51-4)23-40-36(43(34)44)22-39(50)45(53-40)30-11-12-37(48)41(21-30)52-33-8-6-7-26(16-33)24-47/h9-12,19-21,23,25-29,33-34,39,45-50H,5-8,13-18,22,24H2,1-4H3/t26-,27-,28-,29-,33+,34+,39-,45+/m1/s1. The lowest BCUT2D eigenvalue weighted by Gasteiger charge is -2.42. The van der Waals surface area contributed by atoms with Gasteiger partial charge in [-0.3, -0.25) is 0 Å². The molecule has 0 unspecified atom stereocenters. The van der Waals surface area contributed by atoms with E-state index >= 15 is 0 Å². The first-order valence-electron chi connectivity index (χ1n) is 19.9. The third kappa shape index (κ3) is 7.52. The van der Waals surface area contributed by atoms with Crippen molar-refractivity contribution in [3.8, 4) is 39.9 Å². The first-order valence-corrected chi connectivity index (χ1v) is 19.9. The molecule has 0 bridgehead atoms. The number of aromatic hydroxyl groups is 2. The van der Waals surface area contributed by atoms with Crippen LogP contribution in [0.3, 0.4) is 0 Å². The maximum Gasteiger partial charge on any atom is 0.161 e. The minimum Gasteiger partial charge on any atom is -0.508 e. The van der Waals surface area contributed by atoms with Gasteiger partial charge < -0.3 is 39.7 Å². The first kappa shape index (κ1) is 37.6. The van der Waals surface area contributed by atoms with Crippen LogP contribution in [0, 0.1) is 29.6 Å². The summed E-state index contributed by atoms with van der Waals surface area (Å²) in [6, 6.07) is 11.3. The number of methoxy groups -OCH3 is 1. The van der Waals surface area contributed by atoms with Crippen LogP contribution in [0.4, 0.5) is 0 Å². The normalized spacial score (nSPS) is 27.8. The monoisotopic (exact) mass is 726 g/mol. The van der Waals surface area contributed by atoms with E-state index in [1.54, 1.807) is 25.3 Å². The van der Waals surface area contributed by atoms with Crippen molar-refractivity contribution in [2.75, 3.05) is 20.3 Å². The fourth-order valence-electron chi connectivity index (χ4n) is 9.86. The van der Waals surface area contributed by atoms with Gasteiger partial charge in [0.2, 0.25) is 0 Å². The Hall–Kier alpha value is -3.72. The fraction of sp³-hybridized carbons (Fsp3) is 0.556. The Labute approximate surface area is 314 Å². The number of allylic oxidation sites excluding steroid dienone is 2. The number of phenols is 2. The van der Waals surface area contributed by atoms with Crippen LogP contribution in [0.1, 0.15) is 106 Å². The zero-order valence-corrected chi connectivity index (χ0v) is 31.8. The molecule has 5 N–H and O–H groups in total. The van der Waals surface area contributed by atoms with E-state index in [4.69, 9.17) is 14.2 Å². The molecule has 0 amide bonds. The van der Waals surface area contributed by atoms with Crippen molar-refractivity contribution in [1.29, 1.82) is 0 Å². The van der Waals surface area contributed by atoms with Gasteiger partial charge >= 0.3 is 0 Å². The van der Waals surface area contributed by atoms with Crippen molar-refractivity contribution in [3.63, 3.8) is 0 Å². The minimum absolute atomic E-state index is 0.0397. The first-order chi connectivity index (χ1) is 25.6. The number of hydrogen-bond acceptors (Lipinski definition) is 8. The molecule has 286 valence electrons. The van der Waals surface area contributed by atoms with Crippen molar-refractivity contribution in [1.82, 2.24) is 0 Å². The van der Waals surface area contributed by atoms with Gasteiger partial charge in [0.1, 0.15) is 23.4 Å². The lowest BCUT2D eigenvalue weighted by Crippen LogP contribution is -2.33. The van der Waals surface area contributed by atoms with Gasteiger partial charge in [0, 0.05) is 36.8 Å². The fourth-order valence-corrected chi connectivity index (χ4v) is 9.86. The van der Waals surface area contributed by atoms with Gasteiger partial charge in [-0.05, 0) is 139 Å². The summed E-state index contributed by atoms with van der Waals surface area (Å²) in [6.45, 7) is 6.86. The molecule has 3 aromatic carbocycles. The number of benzene rings is 3. The average Bonchev–Trinajstić information content (AvgIpc) is 3.15. The SMILES string of the molecule is CC[C@@H]1C[C@H]([C@@H]2Cc3cc(O)c(CC(C)C)cc3-c3c(OC)cc4c(c32)C[C@@H](O)[C@H](c2ccc(O)c(O[C@H]3CCC[C@@H](CO)C3)c2)O4)C=C[C@@H]1CCO. The molecule has 8 nitrogen and oxygen atoms in total. The van der Waals surface area contributed by atoms with Gasteiger partial charge in [-0.15, -0.1) is 0 Å². The van der Waals surface area contributed by atoms with Crippen LogP contribution >= 0.6 is 0 Å². The molecule has 1 aliphatic heterocycles. The van der Waals surface area contributed by atoms with E-state index in [-0.39, 0.29) is 42.8 Å². The number of phenolic OH excluding ortho intramolecular Hbond substituents is 2. The number of rotatable bonds is 11. The second-order valence-electron chi connectivity index (χ2n) is 16.5. The minimum atomic E-state index is -0.858. The van der Waals surface area contributed by atoms with Crippen molar-refractivity contribution in [3.05, 3.63) is 76.4 Å². The second kappa shape index (κ2) is 15.9. The van der Waals surface area contributed by atoms with Crippen LogP contribution in [0.15, 0.2) is 48.6 Å². The van der Waals surface area contributed by atoms with Crippen LogP contribution < -0.4 is 14.2 Å². The maximum atomic E-state index is 11.9. The number of hydrogen-bond donors (Lipinski definition) is 5. The molecule has 1 saturated carbocycles. The molecule has 0 spiro atoms. The largest absolute Gasteiger partial charge is 0.508 e. The Morgan fingerprint density at radius 2 is 1.77 bits per heavy atom. The molecule has 0 saturated heterocycles. The molecule has 7 rings (SSSR count). The Morgan fingerprint density at radius 1 is 0.943 bits per heavy atom. The Balaban J connectivity index is 1.30. The van der Waals surface area contributed by atoms with Crippen molar-refractivity contribution in [2.45, 2.75) is 109 Å². The van der Waals surface area contributed by atoms with Gasteiger partial charge in [0.05, 0.1) is 19.3 Å². The smallest absolute Gasteiger partial charge is 0.161 e. The number of fused-ring (bicyclic) bond motifs is 5. The summed E-state index contributed by atoms with van der Waals surface area (Å²) in [6.07, 6.45) is 11.2. The molecule has 53 heavy (non-hydrogen) atoms. The van der Waals surface area contributed by atoms with Crippen LogP contribution in [0.5, 0.6) is 28.7 Å². The molecule has 0 radical (unpaired) electrons. The predicted octanol–water partition coefficient (Wildman–Crippen LogP) is 8.18. The molecular weight excluding hydrogens is 668 g/mol. The van der Waals surface area contributed by atoms with E-state index in [1.165, 1.54) is 0 Å². The summed E-state index contributed by atoms with van der Waals surface area (Å²) >= 11 is 0. The number of aliphatic hydroxyl groups is 3. The molecule has 0 aromatic heterocycles. The summed E-state index contributed by atoms with van der Waals surface area (Å²) in [5.41, 5.74) is 6.96. The van der Waals surface area contributed by atoms with Crippen LogP contribution in [0.25, 0.3) is 11.1 Å². The van der Waals surface area contributed by atoms with E-state index in [0.29, 0.717) is 52.7 Å². The van der Waals surface area contributed by atoms with Gasteiger partial charge in [-0.25, -0.2) is 0 Å². The van der Waals surface area contributed by atoms with E-state index in [1.807, 2.05) is 12.1 Å². The number of ether oxygens (including phenoxy) is 3. The molecule has 3 aromatic rings. The molecule has 1 fully saturated rings. The van der Waals surface area contributed by atoms with Gasteiger partial charge in [-0.1, -0.05) is 45.4 Å². The zero-order valence-electron chi connectivity index (χ0n) is 31.8. The highest BCUT2D eigenvalue weighted by Gasteiger charge is 2.42. The van der Waals surface area contributed by atoms with Crippen LogP contribution in [0.2, 0.25) is 0 Å². The highest BCUT2D eigenvalue weighted by molar-refractivity contribution is 5.83. The van der Waals surface area contributed by atoms with Gasteiger partial charge in [0.25, 0.3) is 0 Å². The third-order valence-electron chi connectivity index (χ3n) is 12.5. The van der Waals surface area contributed by atoms with E-state index in [2.05, 4.69) is 39.0 Å². The second-order valence-corrected chi connectivity index (χ2v) is 16.5. The molecule has 1 heterocycles. The molecular formula is C45H58O8. The van der Waals surface area contributed by atoms with Crippen molar-refractivity contribution < 1.29 is 39.7 Å². The van der Waals surface area contributed by atoms with E-state index in [9.17, 15) is 25.5 Å². The van der Waals surface area contributed by atoms with Crippen LogP contribution in [-0.4, -0.2) is 58.1 Å². The summed E-state index contributed by atoms with van der Waals surface area (Å²) in [5.74, 6) is 3.77. The van der Waals surface area contributed by atoms with E-state index < -0.39 is 12.2 Å². The Bertz CT molecular complexity index is 1800. The summed E-state index contributed by atoms with van der Waals surface area (Å²) in [5, 5.41) is 53.5. The molecule has 3 aliphatic carbocycles. The topological polar surface area (TPSA) is 129 Å². The predicted molar refractivity (Wildman–Crippen MR) is 206 cm³/mol. The van der Waals surface area contributed by atoms with Crippen LogP contribution in [-0.2, 0) is 19.3 Å². The van der Waals surface area contributed by atoms with Crippen molar-refractivity contribution in [2.24, 2.45) is 29.6 Å². The highest BCUT2D eigenvalue weighted by Crippen LogP contribution is 2.56.